The van der Waals surface area contributed by atoms with Crippen LogP contribution in [0.3, 0.4) is 0 Å². The van der Waals surface area contributed by atoms with Crippen molar-refractivity contribution in [2.45, 2.75) is 4.90 Å². The molecular weight excluding hydrogens is 322 g/mol. The van der Waals surface area contributed by atoms with Crippen LogP contribution in [0.2, 0.25) is 5.02 Å². The Hall–Kier alpha value is -1.85. The van der Waals surface area contributed by atoms with Gasteiger partial charge in [0.15, 0.2) is 0 Å². The average Bonchev–Trinajstić information content (AvgIpc) is 2.54. The molecule has 0 fully saturated rings. The minimum atomic E-state index is -0.131. The van der Waals surface area contributed by atoms with Gasteiger partial charge in [0.25, 0.3) is 0 Å². The molecule has 0 saturated heterocycles. The summed E-state index contributed by atoms with van der Waals surface area (Å²) in [5, 5.41) is 3.21. The molecule has 0 aliphatic rings. The van der Waals surface area contributed by atoms with E-state index in [0.29, 0.717) is 28.0 Å². The second-order valence-corrected chi connectivity index (χ2v) is 5.79. The van der Waals surface area contributed by atoms with E-state index >= 15 is 0 Å². The molecule has 0 unspecified atom stereocenters. The Kier molecular flexibility index (Phi) is 5.98. The zero-order chi connectivity index (χ0) is 15.9. The molecule has 0 saturated carbocycles. The third-order valence-electron chi connectivity index (χ3n) is 2.86. The number of rotatable bonds is 6. The third-order valence-corrected chi connectivity index (χ3v) is 4.17. The van der Waals surface area contributed by atoms with Gasteiger partial charge in [0.2, 0.25) is 5.91 Å². The van der Waals surface area contributed by atoms with Gasteiger partial charge < -0.3 is 14.8 Å². The van der Waals surface area contributed by atoms with Gasteiger partial charge in [0.1, 0.15) is 11.5 Å². The van der Waals surface area contributed by atoms with E-state index in [1.54, 1.807) is 12.1 Å². The number of hydrogen-bond donors (Lipinski definition) is 1. The summed E-state index contributed by atoms with van der Waals surface area (Å²) in [6.07, 6.45) is 0. The number of anilines is 1. The topological polar surface area (TPSA) is 47.6 Å². The van der Waals surface area contributed by atoms with Gasteiger partial charge in [-0.25, -0.2) is 0 Å². The van der Waals surface area contributed by atoms with Crippen LogP contribution >= 0.6 is 23.4 Å². The highest BCUT2D eigenvalue weighted by Gasteiger charge is 2.12. The molecule has 0 aromatic heterocycles. The normalized spacial score (nSPS) is 10.1. The lowest BCUT2D eigenvalue weighted by atomic mass is 10.2. The van der Waals surface area contributed by atoms with Gasteiger partial charge in [-0.3, -0.25) is 4.79 Å². The molecule has 0 aliphatic heterocycles. The second-order valence-electron chi connectivity index (χ2n) is 4.34. The fourth-order valence-corrected chi connectivity index (χ4v) is 2.77. The summed E-state index contributed by atoms with van der Waals surface area (Å²) in [5.74, 6) is 1.17. The lowest BCUT2D eigenvalue weighted by molar-refractivity contribution is -0.113. The van der Waals surface area contributed by atoms with Crippen molar-refractivity contribution in [2.24, 2.45) is 0 Å². The Bertz CT molecular complexity index is 649. The Morgan fingerprint density at radius 3 is 2.45 bits per heavy atom. The van der Waals surface area contributed by atoms with Crippen LogP contribution in [0.5, 0.6) is 11.5 Å². The summed E-state index contributed by atoms with van der Waals surface area (Å²) < 4.78 is 10.4. The molecule has 1 amide bonds. The SMILES string of the molecule is COc1cc(OC)c(NC(=O)CSc2ccccc2)cc1Cl. The summed E-state index contributed by atoms with van der Waals surface area (Å²) in [6, 6.07) is 13.0. The zero-order valence-electron chi connectivity index (χ0n) is 12.3. The summed E-state index contributed by atoms with van der Waals surface area (Å²) in [4.78, 5) is 13.1. The highest BCUT2D eigenvalue weighted by molar-refractivity contribution is 8.00. The number of hydrogen-bond acceptors (Lipinski definition) is 4. The van der Waals surface area contributed by atoms with Crippen LogP contribution < -0.4 is 14.8 Å². The minimum absolute atomic E-state index is 0.131. The minimum Gasteiger partial charge on any atom is -0.495 e. The van der Waals surface area contributed by atoms with Gasteiger partial charge in [-0.2, -0.15) is 0 Å². The van der Waals surface area contributed by atoms with Gasteiger partial charge in [-0.1, -0.05) is 29.8 Å². The summed E-state index contributed by atoms with van der Waals surface area (Å²) in [7, 11) is 3.05. The first-order chi connectivity index (χ1) is 10.6. The number of carbonyl (C=O) groups excluding carboxylic acids is 1. The number of methoxy groups -OCH3 is 2. The fraction of sp³-hybridized carbons (Fsp3) is 0.188. The number of thioether (sulfide) groups is 1. The maximum atomic E-state index is 12.1. The Morgan fingerprint density at radius 1 is 1.14 bits per heavy atom. The fourth-order valence-electron chi connectivity index (χ4n) is 1.81. The summed E-state index contributed by atoms with van der Waals surface area (Å²) in [5.41, 5.74) is 0.520. The Balaban J connectivity index is 2.03. The molecule has 0 bridgehead atoms. The molecule has 2 rings (SSSR count). The molecule has 0 heterocycles. The van der Waals surface area contributed by atoms with E-state index in [1.165, 1.54) is 26.0 Å². The van der Waals surface area contributed by atoms with Gasteiger partial charge in [-0.05, 0) is 18.2 Å². The number of amides is 1. The largest absolute Gasteiger partial charge is 0.495 e. The third kappa shape index (κ3) is 4.32. The van der Waals surface area contributed by atoms with E-state index in [-0.39, 0.29) is 5.91 Å². The molecule has 0 aliphatic carbocycles. The predicted molar refractivity (Wildman–Crippen MR) is 90.4 cm³/mol. The lowest BCUT2D eigenvalue weighted by Gasteiger charge is -2.13. The molecule has 0 spiro atoms. The van der Waals surface area contributed by atoms with Crippen molar-refractivity contribution in [3.8, 4) is 11.5 Å². The number of ether oxygens (including phenoxy) is 2. The molecular formula is C16H16ClNO3S. The van der Waals surface area contributed by atoms with Crippen molar-refractivity contribution in [3.63, 3.8) is 0 Å². The van der Waals surface area contributed by atoms with Crippen molar-refractivity contribution < 1.29 is 14.3 Å². The first-order valence-corrected chi connectivity index (χ1v) is 7.89. The first kappa shape index (κ1) is 16.5. The van der Waals surface area contributed by atoms with E-state index < -0.39 is 0 Å². The highest BCUT2D eigenvalue weighted by Crippen LogP contribution is 2.36. The maximum Gasteiger partial charge on any atom is 0.234 e. The summed E-state index contributed by atoms with van der Waals surface area (Å²) >= 11 is 7.54. The van der Waals surface area contributed by atoms with Crippen LogP contribution in [-0.4, -0.2) is 25.9 Å². The molecule has 0 atom stereocenters. The van der Waals surface area contributed by atoms with Crippen LogP contribution in [0.15, 0.2) is 47.4 Å². The number of benzene rings is 2. The molecule has 0 radical (unpaired) electrons. The molecule has 1 N–H and O–H groups in total. The number of carbonyl (C=O) groups is 1. The number of halogens is 1. The van der Waals surface area contributed by atoms with Crippen LogP contribution in [0.1, 0.15) is 0 Å². The van der Waals surface area contributed by atoms with Crippen molar-refractivity contribution >= 4 is 35.0 Å². The van der Waals surface area contributed by atoms with E-state index in [1.807, 2.05) is 30.3 Å². The second kappa shape index (κ2) is 7.96. The Morgan fingerprint density at radius 2 is 1.82 bits per heavy atom. The van der Waals surface area contributed by atoms with E-state index in [2.05, 4.69) is 5.32 Å². The summed E-state index contributed by atoms with van der Waals surface area (Å²) in [6.45, 7) is 0. The van der Waals surface area contributed by atoms with E-state index in [9.17, 15) is 4.79 Å². The van der Waals surface area contributed by atoms with Crippen LogP contribution in [0.4, 0.5) is 5.69 Å². The standard InChI is InChI=1S/C16H16ClNO3S/c1-20-14-9-15(21-2)13(8-12(14)17)18-16(19)10-22-11-6-4-3-5-7-11/h3-9H,10H2,1-2H3,(H,18,19). The van der Waals surface area contributed by atoms with Crippen molar-refractivity contribution in [1.29, 1.82) is 0 Å². The molecule has 2 aromatic rings. The average molecular weight is 338 g/mol. The van der Waals surface area contributed by atoms with Gasteiger partial charge in [0.05, 0.1) is 30.7 Å². The number of nitrogens with one attached hydrogen (secondary N) is 1. The smallest absolute Gasteiger partial charge is 0.234 e. The van der Waals surface area contributed by atoms with E-state index in [0.717, 1.165) is 4.90 Å². The van der Waals surface area contributed by atoms with Crippen molar-refractivity contribution in [3.05, 3.63) is 47.5 Å². The van der Waals surface area contributed by atoms with Gasteiger partial charge in [-0.15, -0.1) is 11.8 Å². The predicted octanol–water partition coefficient (Wildman–Crippen LogP) is 4.09. The molecule has 6 heteroatoms. The van der Waals surface area contributed by atoms with Crippen LogP contribution in [0, 0.1) is 0 Å². The first-order valence-electron chi connectivity index (χ1n) is 6.53. The molecule has 4 nitrogen and oxygen atoms in total. The Labute approximate surface area is 138 Å². The monoisotopic (exact) mass is 337 g/mol. The quantitative estimate of drug-likeness (QED) is 0.806. The molecule has 22 heavy (non-hydrogen) atoms. The maximum absolute atomic E-state index is 12.1. The highest BCUT2D eigenvalue weighted by atomic mass is 35.5. The van der Waals surface area contributed by atoms with Gasteiger partial charge in [0, 0.05) is 11.0 Å². The lowest BCUT2D eigenvalue weighted by Crippen LogP contribution is -2.14. The van der Waals surface area contributed by atoms with Gasteiger partial charge >= 0.3 is 0 Å². The molecule has 2 aromatic carbocycles. The molecule has 116 valence electrons. The van der Waals surface area contributed by atoms with Crippen LogP contribution in [0.25, 0.3) is 0 Å². The van der Waals surface area contributed by atoms with Crippen molar-refractivity contribution in [2.75, 3.05) is 25.3 Å². The zero-order valence-corrected chi connectivity index (χ0v) is 13.8. The van der Waals surface area contributed by atoms with E-state index in [4.69, 9.17) is 21.1 Å². The van der Waals surface area contributed by atoms with Crippen molar-refractivity contribution in [1.82, 2.24) is 0 Å². The van der Waals surface area contributed by atoms with Crippen LogP contribution in [-0.2, 0) is 4.79 Å².